The molecule has 0 saturated carbocycles. The van der Waals surface area contributed by atoms with E-state index >= 15 is 0 Å². The Kier molecular flexibility index (Phi) is 5.64. The van der Waals surface area contributed by atoms with Crippen LogP contribution in [0.4, 0.5) is 5.69 Å². The fourth-order valence-electron chi connectivity index (χ4n) is 2.78. The van der Waals surface area contributed by atoms with E-state index in [-0.39, 0.29) is 11.7 Å². The smallest absolute Gasteiger partial charge is 0.279 e. The van der Waals surface area contributed by atoms with Crippen LogP contribution in [-0.4, -0.2) is 22.7 Å². The van der Waals surface area contributed by atoms with Crippen LogP contribution in [0.25, 0.3) is 0 Å². The monoisotopic (exact) mass is 422 g/mol. The predicted molar refractivity (Wildman–Crippen MR) is 116 cm³/mol. The van der Waals surface area contributed by atoms with Crippen LogP contribution in [0.3, 0.4) is 0 Å². The van der Waals surface area contributed by atoms with Crippen LogP contribution in [0.2, 0.25) is 5.02 Å². The van der Waals surface area contributed by atoms with E-state index in [1.165, 1.54) is 16.7 Å². The quantitative estimate of drug-likeness (QED) is 0.564. The van der Waals surface area contributed by atoms with E-state index in [0.29, 0.717) is 32.9 Å². The van der Waals surface area contributed by atoms with E-state index in [2.05, 4.69) is 4.99 Å². The minimum Gasteiger partial charge on any atom is -0.455 e. The summed E-state index contributed by atoms with van der Waals surface area (Å²) in [5, 5.41) is 0.739. The maximum atomic E-state index is 12.6. The molecule has 2 amide bonds. The third kappa shape index (κ3) is 4.34. The molecule has 3 aromatic carbocycles. The number of halogens is 1. The second-order valence-electron chi connectivity index (χ2n) is 6.11. The Hall–Kier alpha value is -3.09. The average Bonchev–Trinajstić information content (AvgIpc) is 3.10. The van der Waals surface area contributed by atoms with Gasteiger partial charge in [-0.3, -0.25) is 14.5 Å². The van der Waals surface area contributed by atoms with Gasteiger partial charge in [0.15, 0.2) is 10.9 Å². The van der Waals surface area contributed by atoms with Gasteiger partial charge in [0.2, 0.25) is 5.91 Å². The average molecular weight is 423 g/mol. The Labute approximate surface area is 177 Å². The van der Waals surface area contributed by atoms with Crippen molar-refractivity contribution in [1.82, 2.24) is 0 Å². The molecule has 29 heavy (non-hydrogen) atoms. The molecule has 3 aromatic rings. The number of rotatable bonds is 4. The largest absolute Gasteiger partial charge is 0.455 e. The van der Waals surface area contributed by atoms with Crippen LogP contribution in [0, 0.1) is 0 Å². The molecule has 0 bridgehead atoms. The van der Waals surface area contributed by atoms with Crippen LogP contribution in [0.5, 0.6) is 11.5 Å². The number of hydrogen-bond acceptors (Lipinski definition) is 4. The van der Waals surface area contributed by atoms with Gasteiger partial charge in [-0.1, -0.05) is 59.8 Å². The normalized spacial score (nSPS) is 15.0. The summed E-state index contributed by atoms with van der Waals surface area (Å²) in [5.41, 5.74) is 0.891. The van der Waals surface area contributed by atoms with E-state index in [0.717, 1.165) is 0 Å². The number of ether oxygens (including phenoxy) is 1. The Balaban J connectivity index is 1.72. The number of carbonyl (C=O) groups excluding carboxylic acids is 2. The van der Waals surface area contributed by atoms with Gasteiger partial charge < -0.3 is 4.74 Å². The molecule has 5 nitrogen and oxygen atoms in total. The van der Waals surface area contributed by atoms with Gasteiger partial charge in [-0.2, -0.15) is 4.99 Å². The minimum atomic E-state index is -0.416. The van der Waals surface area contributed by atoms with Crippen molar-refractivity contribution in [2.75, 3.05) is 10.7 Å². The summed E-state index contributed by atoms with van der Waals surface area (Å²) in [6.45, 7) is 0. The number of amidine groups is 1. The first kappa shape index (κ1) is 19.2. The topological polar surface area (TPSA) is 59.0 Å². The molecule has 0 aromatic heterocycles. The number of nitrogens with zero attached hydrogens (tertiary/aromatic N) is 2. The molecule has 0 N–H and O–H groups in total. The Morgan fingerprint density at radius 3 is 2.41 bits per heavy atom. The molecular formula is C22H15ClN2O3S. The fraction of sp³-hybridized carbons (Fsp3) is 0.0455. The van der Waals surface area contributed by atoms with Gasteiger partial charge in [0.05, 0.1) is 11.4 Å². The third-order valence-corrected chi connectivity index (χ3v) is 5.27. The van der Waals surface area contributed by atoms with Crippen molar-refractivity contribution in [3.8, 4) is 11.5 Å². The lowest BCUT2D eigenvalue weighted by molar-refractivity contribution is -0.115. The molecule has 1 aliphatic heterocycles. The summed E-state index contributed by atoms with van der Waals surface area (Å²) in [6.07, 6.45) is 0. The lowest BCUT2D eigenvalue weighted by Gasteiger charge is -2.20. The first-order chi connectivity index (χ1) is 14.1. The van der Waals surface area contributed by atoms with E-state index < -0.39 is 5.91 Å². The summed E-state index contributed by atoms with van der Waals surface area (Å²) in [4.78, 5) is 30.7. The number of aliphatic imine (C=N–C) groups is 1. The van der Waals surface area contributed by atoms with Crippen LogP contribution < -0.4 is 9.64 Å². The Morgan fingerprint density at radius 1 is 1.00 bits per heavy atom. The maximum absolute atomic E-state index is 12.6. The summed E-state index contributed by atoms with van der Waals surface area (Å²) in [7, 11) is 0. The highest BCUT2D eigenvalue weighted by molar-refractivity contribution is 8.15. The number of amides is 2. The number of anilines is 1. The molecule has 1 aliphatic rings. The zero-order chi connectivity index (χ0) is 20.2. The van der Waals surface area contributed by atoms with E-state index in [1.54, 1.807) is 42.5 Å². The van der Waals surface area contributed by atoms with Gasteiger partial charge >= 0.3 is 0 Å². The molecule has 0 unspecified atom stereocenters. The van der Waals surface area contributed by atoms with Crippen LogP contribution in [0.1, 0.15) is 10.4 Å². The zero-order valence-corrected chi connectivity index (χ0v) is 16.7. The molecule has 144 valence electrons. The molecule has 0 aliphatic carbocycles. The molecule has 0 radical (unpaired) electrons. The summed E-state index contributed by atoms with van der Waals surface area (Å²) < 4.78 is 5.96. The molecular weight excluding hydrogens is 408 g/mol. The number of carbonyl (C=O) groups is 2. The van der Waals surface area contributed by atoms with Gasteiger partial charge in [-0.15, -0.1) is 0 Å². The lowest BCUT2D eigenvalue weighted by atomic mass is 10.2. The molecule has 4 rings (SSSR count). The van der Waals surface area contributed by atoms with Crippen molar-refractivity contribution in [2.24, 2.45) is 4.99 Å². The number of benzene rings is 3. The predicted octanol–water partition coefficient (Wildman–Crippen LogP) is 5.41. The molecule has 1 fully saturated rings. The highest BCUT2D eigenvalue weighted by atomic mass is 35.5. The third-order valence-electron chi connectivity index (χ3n) is 4.12. The lowest BCUT2D eigenvalue weighted by Crippen LogP contribution is -2.30. The zero-order valence-electron chi connectivity index (χ0n) is 15.1. The fourth-order valence-corrected chi connectivity index (χ4v) is 3.81. The van der Waals surface area contributed by atoms with E-state index in [4.69, 9.17) is 16.3 Å². The molecule has 7 heteroatoms. The van der Waals surface area contributed by atoms with Crippen molar-refractivity contribution >= 4 is 46.0 Å². The Morgan fingerprint density at radius 2 is 1.69 bits per heavy atom. The van der Waals surface area contributed by atoms with Crippen molar-refractivity contribution in [3.05, 3.63) is 89.4 Å². The van der Waals surface area contributed by atoms with Gasteiger partial charge in [0.25, 0.3) is 5.91 Å². The number of thioether (sulfide) groups is 1. The molecule has 1 heterocycles. The van der Waals surface area contributed by atoms with Crippen molar-refractivity contribution < 1.29 is 14.3 Å². The molecule has 1 saturated heterocycles. The van der Waals surface area contributed by atoms with Gasteiger partial charge in [0, 0.05) is 10.6 Å². The second kappa shape index (κ2) is 8.51. The number of para-hydroxylation sites is 1. The van der Waals surface area contributed by atoms with Crippen LogP contribution in [0.15, 0.2) is 83.9 Å². The summed E-state index contributed by atoms with van der Waals surface area (Å²) in [6, 6.07) is 22.9. The van der Waals surface area contributed by atoms with Gasteiger partial charge in [-0.25, -0.2) is 0 Å². The van der Waals surface area contributed by atoms with Gasteiger partial charge in [0.1, 0.15) is 5.75 Å². The molecule has 0 spiro atoms. The van der Waals surface area contributed by atoms with Gasteiger partial charge in [-0.05, 0) is 42.5 Å². The maximum Gasteiger partial charge on any atom is 0.279 e. The number of hydrogen-bond donors (Lipinski definition) is 0. The van der Waals surface area contributed by atoms with Crippen molar-refractivity contribution in [2.45, 2.75) is 0 Å². The minimum absolute atomic E-state index is 0.179. The highest BCUT2D eigenvalue weighted by Gasteiger charge is 2.33. The SMILES string of the molecule is O=C(N=C1SCC(=O)N1c1cc(Cl)ccc1Oc1ccccc1)c1ccccc1. The first-order valence-corrected chi connectivity index (χ1v) is 10.1. The van der Waals surface area contributed by atoms with Crippen LogP contribution >= 0.6 is 23.4 Å². The summed E-state index contributed by atoms with van der Waals surface area (Å²) in [5.74, 6) is 0.624. The Bertz CT molecular complexity index is 1090. The second-order valence-corrected chi connectivity index (χ2v) is 7.49. The van der Waals surface area contributed by atoms with Crippen LogP contribution in [-0.2, 0) is 4.79 Å². The first-order valence-electron chi connectivity index (χ1n) is 8.78. The standard InChI is InChI=1S/C22H15ClN2O3S/c23-16-11-12-19(28-17-9-5-2-6-10-17)18(13-16)25-20(26)14-29-22(25)24-21(27)15-7-3-1-4-8-15/h1-13H,14H2. The van der Waals surface area contributed by atoms with Crippen molar-refractivity contribution in [3.63, 3.8) is 0 Å². The van der Waals surface area contributed by atoms with E-state index in [9.17, 15) is 9.59 Å². The summed E-state index contributed by atoms with van der Waals surface area (Å²) >= 11 is 7.39. The van der Waals surface area contributed by atoms with Crippen molar-refractivity contribution in [1.29, 1.82) is 0 Å². The van der Waals surface area contributed by atoms with E-state index in [1.807, 2.05) is 36.4 Å². The molecule has 0 atom stereocenters. The highest BCUT2D eigenvalue weighted by Crippen LogP contribution is 2.38.